The number of aromatic nitrogens is 4. The molecule has 11 heteroatoms. The van der Waals surface area contributed by atoms with Gasteiger partial charge in [0.15, 0.2) is 5.13 Å². The second kappa shape index (κ2) is 11.2. The number of pyridine rings is 1. The predicted octanol–water partition coefficient (Wildman–Crippen LogP) is 5.63. The molecule has 0 spiro atoms. The fraction of sp³-hybridized carbons (Fsp3) is 0.269. The predicted molar refractivity (Wildman–Crippen MR) is 145 cm³/mol. The molecular weight excluding hydrogens is 490 g/mol. The number of hydrogen-bond donors (Lipinski definition) is 3. The van der Waals surface area contributed by atoms with E-state index in [0.29, 0.717) is 16.8 Å². The Morgan fingerprint density at radius 1 is 1.00 bits per heavy atom. The van der Waals surface area contributed by atoms with E-state index in [2.05, 4.69) is 51.4 Å². The Kier molecular flexibility index (Phi) is 7.83. The summed E-state index contributed by atoms with van der Waals surface area (Å²) in [5.41, 5.74) is 2.54. The SMILES string of the molecule is COC(=O)Nc1cc(CCc2cnc(NC(=O)Nc3cc(C(C)(C)C)nn3-c3ccccc3)s2)ccn1. The van der Waals surface area contributed by atoms with Gasteiger partial charge in [-0.2, -0.15) is 5.10 Å². The van der Waals surface area contributed by atoms with E-state index in [0.717, 1.165) is 34.7 Å². The normalized spacial score (nSPS) is 11.1. The van der Waals surface area contributed by atoms with Crippen LogP contribution in [0, 0.1) is 0 Å². The molecule has 192 valence electrons. The molecule has 0 radical (unpaired) electrons. The van der Waals surface area contributed by atoms with Gasteiger partial charge in [-0.1, -0.05) is 39.0 Å². The Balaban J connectivity index is 1.39. The first-order valence-corrected chi connectivity index (χ1v) is 12.5. The van der Waals surface area contributed by atoms with Crippen molar-refractivity contribution in [3.8, 4) is 5.69 Å². The molecule has 3 amide bonds. The topological polar surface area (TPSA) is 123 Å². The van der Waals surface area contributed by atoms with Crippen molar-refractivity contribution in [1.82, 2.24) is 19.7 Å². The van der Waals surface area contributed by atoms with E-state index in [1.165, 1.54) is 18.4 Å². The van der Waals surface area contributed by atoms with Gasteiger partial charge in [0.25, 0.3) is 0 Å². The lowest BCUT2D eigenvalue weighted by atomic mass is 9.92. The third-order valence-corrected chi connectivity index (χ3v) is 6.37. The van der Waals surface area contributed by atoms with Crippen LogP contribution in [0.1, 0.15) is 36.9 Å². The summed E-state index contributed by atoms with van der Waals surface area (Å²) in [6.45, 7) is 6.23. The lowest BCUT2D eigenvalue weighted by molar-refractivity contribution is 0.187. The number of benzene rings is 1. The van der Waals surface area contributed by atoms with E-state index >= 15 is 0 Å². The second-order valence-electron chi connectivity index (χ2n) is 9.29. The van der Waals surface area contributed by atoms with Gasteiger partial charge in [0.05, 0.1) is 18.5 Å². The minimum atomic E-state index is -0.567. The molecule has 3 N–H and O–H groups in total. The van der Waals surface area contributed by atoms with Crippen LogP contribution in [-0.4, -0.2) is 39.0 Å². The van der Waals surface area contributed by atoms with Gasteiger partial charge in [0.2, 0.25) is 0 Å². The van der Waals surface area contributed by atoms with Crippen molar-refractivity contribution >= 4 is 40.2 Å². The van der Waals surface area contributed by atoms with E-state index in [-0.39, 0.29) is 5.41 Å². The largest absolute Gasteiger partial charge is 0.453 e. The van der Waals surface area contributed by atoms with Gasteiger partial charge in [-0.05, 0) is 42.7 Å². The standard InChI is InChI=1S/C26H29N7O3S/c1-26(2,3)20-15-22(33(32-20)18-8-6-5-7-9-18)30-23(34)31-24-28-16-19(37-24)11-10-17-12-13-27-21(14-17)29-25(35)36-4/h5-9,12-16H,10-11H2,1-4H3,(H,27,29,35)(H2,28,30,31,34). The average Bonchev–Trinajstić information content (AvgIpc) is 3.50. The highest BCUT2D eigenvalue weighted by atomic mass is 32.1. The van der Waals surface area contributed by atoms with Gasteiger partial charge in [0, 0.05) is 28.8 Å². The minimum absolute atomic E-state index is 0.178. The first-order valence-electron chi connectivity index (χ1n) is 11.7. The number of aryl methyl sites for hydroxylation is 2. The van der Waals surface area contributed by atoms with Gasteiger partial charge >= 0.3 is 12.1 Å². The highest BCUT2D eigenvalue weighted by Crippen LogP contribution is 2.27. The maximum atomic E-state index is 12.8. The summed E-state index contributed by atoms with van der Waals surface area (Å²) >= 11 is 1.41. The van der Waals surface area contributed by atoms with E-state index in [4.69, 9.17) is 5.10 Å². The Bertz CT molecular complexity index is 1380. The first-order chi connectivity index (χ1) is 17.7. The molecule has 3 heterocycles. The molecule has 4 aromatic rings. The van der Waals surface area contributed by atoms with Crippen molar-refractivity contribution in [1.29, 1.82) is 0 Å². The minimum Gasteiger partial charge on any atom is -0.453 e. The van der Waals surface area contributed by atoms with Crippen LogP contribution in [0.15, 0.2) is 60.9 Å². The molecule has 3 aromatic heterocycles. The zero-order chi connectivity index (χ0) is 26.4. The molecule has 10 nitrogen and oxygen atoms in total. The van der Waals surface area contributed by atoms with Gasteiger partial charge in [0.1, 0.15) is 11.6 Å². The number of urea groups is 1. The van der Waals surface area contributed by atoms with Crippen molar-refractivity contribution in [2.75, 3.05) is 23.1 Å². The number of nitrogens with zero attached hydrogens (tertiary/aromatic N) is 4. The molecule has 0 atom stereocenters. The molecule has 1 aromatic carbocycles. The van der Waals surface area contributed by atoms with E-state index < -0.39 is 12.1 Å². The van der Waals surface area contributed by atoms with E-state index in [1.807, 2.05) is 42.5 Å². The average molecular weight is 520 g/mol. The first kappa shape index (κ1) is 25.8. The summed E-state index contributed by atoms with van der Waals surface area (Å²) in [6, 6.07) is 14.8. The summed E-state index contributed by atoms with van der Waals surface area (Å²) < 4.78 is 6.33. The third kappa shape index (κ3) is 6.91. The molecule has 37 heavy (non-hydrogen) atoms. The molecule has 0 aliphatic rings. The number of para-hydroxylation sites is 1. The zero-order valence-electron chi connectivity index (χ0n) is 21.1. The molecule has 0 unspecified atom stereocenters. The molecule has 0 saturated carbocycles. The number of ether oxygens (including phenoxy) is 1. The summed E-state index contributed by atoms with van der Waals surface area (Å²) in [7, 11) is 1.30. The molecule has 4 rings (SSSR count). The van der Waals surface area contributed by atoms with Crippen molar-refractivity contribution in [2.24, 2.45) is 0 Å². The number of hydrogen-bond acceptors (Lipinski definition) is 7. The van der Waals surface area contributed by atoms with Crippen LogP contribution in [-0.2, 0) is 23.0 Å². The lowest BCUT2D eigenvalue weighted by Crippen LogP contribution is -2.21. The Labute approximate surface area is 219 Å². The number of rotatable bonds is 7. The maximum Gasteiger partial charge on any atom is 0.412 e. The molecule has 0 fully saturated rings. The van der Waals surface area contributed by atoms with Gasteiger partial charge in [-0.3, -0.25) is 16.0 Å². The number of methoxy groups -OCH3 is 1. The Morgan fingerprint density at radius 3 is 2.51 bits per heavy atom. The van der Waals surface area contributed by atoms with Crippen molar-refractivity contribution in [3.05, 3.63) is 77.1 Å². The van der Waals surface area contributed by atoms with Gasteiger partial charge in [-0.25, -0.2) is 24.2 Å². The van der Waals surface area contributed by atoms with Crippen LogP contribution in [0.5, 0.6) is 0 Å². The maximum absolute atomic E-state index is 12.8. The summed E-state index contributed by atoms with van der Waals surface area (Å²) in [5, 5.41) is 13.5. The monoisotopic (exact) mass is 519 g/mol. The highest BCUT2D eigenvalue weighted by molar-refractivity contribution is 7.15. The van der Waals surface area contributed by atoms with Crippen LogP contribution in [0.3, 0.4) is 0 Å². The van der Waals surface area contributed by atoms with Gasteiger partial charge in [-0.15, -0.1) is 11.3 Å². The van der Waals surface area contributed by atoms with Crippen molar-refractivity contribution in [2.45, 2.75) is 39.0 Å². The van der Waals surface area contributed by atoms with Crippen LogP contribution in [0.25, 0.3) is 5.69 Å². The molecule has 0 bridgehead atoms. The zero-order valence-corrected chi connectivity index (χ0v) is 21.9. The number of thiazole rings is 1. The third-order valence-electron chi connectivity index (χ3n) is 5.39. The number of carbonyl (C=O) groups excluding carboxylic acids is 2. The van der Waals surface area contributed by atoms with Crippen LogP contribution in [0.2, 0.25) is 0 Å². The van der Waals surface area contributed by atoms with Crippen LogP contribution < -0.4 is 16.0 Å². The summed E-state index contributed by atoms with van der Waals surface area (Å²) in [4.78, 5) is 33.7. The molecule has 0 aliphatic carbocycles. The number of nitrogens with one attached hydrogen (secondary N) is 3. The van der Waals surface area contributed by atoms with E-state index in [1.54, 1.807) is 23.1 Å². The lowest BCUT2D eigenvalue weighted by Gasteiger charge is -2.14. The van der Waals surface area contributed by atoms with Crippen LogP contribution in [0.4, 0.5) is 26.4 Å². The number of anilines is 3. The summed E-state index contributed by atoms with van der Waals surface area (Å²) in [6.07, 6.45) is 4.26. The van der Waals surface area contributed by atoms with Crippen LogP contribution >= 0.6 is 11.3 Å². The second-order valence-corrected chi connectivity index (χ2v) is 10.4. The fourth-order valence-corrected chi connectivity index (χ4v) is 4.26. The number of carbonyl (C=O) groups is 2. The van der Waals surface area contributed by atoms with Gasteiger partial charge < -0.3 is 4.74 Å². The molecule has 0 aliphatic heterocycles. The highest BCUT2D eigenvalue weighted by Gasteiger charge is 2.21. The van der Waals surface area contributed by atoms with Crippen molar-refractivity contribution in [3.63, 3.8) is 0 Å². The summed E-state index contributed by atoms with van der Waals surface area (Å²) in [5.74, 6) is 0.997. The quantitative estimate of drug-likeness (QED) is 0.291. The fourth-order valence-electron chi connectivity index (χ4n) is 3.45. The Hall–Kier alpha value is -4.25. The molecular formula is C26H29N7O3S. The smallest absolute Gasteiger partial charge is 0.412 e. The van der Waals surface area contributed by atoms with E-state index in [9.17, 15) is 9.59 Å². The Morgan fingerprint density at radius 2 is 1.78 bits per heavy atom. The van der Waals surface area contributed by atoms with Crippen molar-refractivity contribution < 1.29 is 14.3 Å². The number of amides is 3. The molecule has 0 saturated heterocycles.